The van der Waals surface area contributed by atoms with Gasteiger partial charge in [-0.15, -0.1) is 0 Å². The lowest BCUT2D eigenvalue weighted by atomic mass is 9.93. The Balaban J connectivity index is 1.41. The summed E-state index contributed by atoms with van der Waals surface area (Å²) >= 11 is 0. The summed E-state index contributed by atoms with van der Waals surface area (Å²) in [4.78, 5) is 36.7. The van der Waals surface area contributed by atoms with Crippen molar-refractivity contribution in [3.63, 3.8) is 0 Å². The van der Waals surface area contributed by atoms with E-state index in [-0.39, 0.29) is 17.5 Å². The van der Waals surface area contributed by atoms with Crippen molar-refractivity contribution in [2.75, 3.05) is 4.90 Å². The normalized spacial score (nSPS) is 19.0. The van der Waals surface area contributed by atoms with Crippen molar-refractivity contribution in [2.45, 2.75) is 25.9 Å². The van der Waals surface area contributed by atoms with Crippen LogP contribution in [0.4, 0.5) is 10.1 Å². The maximum atomic E-state index is 13.8. The number of nitrogens with zero attached hydrogens (tertiary/aromatic N) is 5. The molecule has 0 radical (unpaired) electrons. The van der Waals surface area contributed by atoms with Crippen molar-refractivity contribution < 1.29 is 14.0 Å². The first-order chi connectivity index (χ1) is 18.9. The minimum Gasteiger partial charge on any atom is -0.343 e. The number of aryl methyl sites for hydroxylation is 1. The third kappa shape index (κ3) is 4.41. The van der Waals surface area contributed by atoms with Crippen LogP contribution in [0.25, 0.3) is 16.6 Å². The van der Waals surface area contributed by atoms with Crippen molar-refractivity contribution in [2.24, 2.45) is 5.92 Å². The number of anilines is 1. The molecule has 39 heavy (non-hydrogen) atoms. The highest BCUT2D eigenvalue weighted by Crippen LogP contribution is 2.41. The number of aromatic nitrogens is 4. The topological polar surface area (TPSA) is 93.0 Å². The minimum absolute atomic E-state index is 0.0493. The molecule has 5 aromatic rings. The van der Waals surface area contributed by atoms with E-state index < -0.39 is 23.9 Å². The standard InChI is InChI=1S/C30H25FN6O2/c1-18-5-3-6-20(15-18)27-26(35-29(38)28-32-13-4-14-33-28)19(2)30(39)36(27)24-11-12-25-21(16-24)17-34-37(25)23-9-7-22(31)8-10-23/h3-17,19,26-27H,1-2H3,(H,35,38)/t19-,26-,27?/m0/s1. The zero-order chi connectivity index (χ0) is 27.1. The largest absolute Gasteiger partial charge is 0.343 e. The molecule has 0 spiro atoms. The first kappa shape index (κ1) is 24.4. The smallest absolute Gasteiger partial charge is 0.289 e. The number of hydrogen-bond donors (Lipinski definition) is 1. The molecule has 194 valence electrons. The molecule has 2 amide bonds. The number of hydrogen-bond acceptors (Lipinski definition) is 5. The molecule has 1 unspecified atom stereocenters. The monoisotopic (exact) mass is 520 g/mol. The lowest BCUT2D eigenvalue weighted by molar-refractivity contribution is -0.120. The van der Waals surface area contributed by atoms with Crippen LogP contribution < -0.4 is 10.2 Å². The van der Waals surface area contributed by atoms with Gasteiger partial charge in [0.25, 0.3) is 5.91 Å². The molecule has 8 nitrogen and oxygen atoms in total. The van der Waals surface area contributed by atoms with E-state index >= 15 is 0 Å². The van der Waals surface area contributed by atoms with Crippen LogP contribution in [0.1, 0.15) is 34.7 Å². The van der Waals surface area contributed by atoms with Gasteiger partial charge in [0.05, 0.1) is 35.4 Å². The van der Waals surface area contributed by atoms with E-state index in [9.17, 15) is 14.0 Å². The quantitative estimate of drug-likeness (QED) is 0.360. The molecule has 9 heteroatoms. The third-order valence-electron chi connectivity index (χ3n) is 7.14. The number of carbonyl (C=O) groups is 2. The van der Waals surface area contributed by atoms with Crippen LogP contribution in [0.3, 0.4) is 0 Å². The molecule has 3 atom stereocenters. The van der Waals surface area contributed by atoms with Gasteiger partial charge in [-0.2, -0.15) is 5.10 Å². The fourth-order valence-electron chi connectivity index (χ4n) is 5.24. The summed E-state index contributed by atoms with van der Waals surface area (Å²) in [5.74, 6) is -1.31. The zero-order valence-electron chi connectivity index (χ0n) is 21.3. The second-order valence-corrected chi connectivity index (χ2v) is 9.70. The predicted molar refractivity (Wildman–Crippen MR) is 145 cm³/mol. The number of amides is 2. The lowest BCUT2D eigenvalue weighted by Crippen LogP contribution is -2.42. The lowest BCUT2D eigenvalue weighted by Gasteiger charge is -2.29. The van der Waals surface area contributed by atoms with Gasteiger partial charge in [0, 0.05) is 23.5 Å². The molecule has 1 aliphatic heterocycles. The van der Waals surface area contributed by atoms with Crippen LogP contribution in [0, 0.1) is 18.7 Å². The molecular formula is C30H25FN6O2. The van der Waals surface area contributed by atoms with Crippen LogP contribution in [-0.2, 0) is 4.79 Å². The first-order valence-electron chi connectivity index (χ1n) is 12.6. The van der Waals surface area contributed by atoms with Crippen molar-refractivity contribution in [1.82, 2.24) is 25.1 Å². The van der Waals surface area contributed by atoms with Crippen LogP contribution in [0.5, 0.6) is 0 Å². The second kappa shape index (κ2) is 9.75. The van der Waals surface area contributed by atoms with E-state index in [0.717, 1.165) is 27.7 Å². The molecule has 1 N–H and O–H groups in total. The summed E-state index contributed by atoms with van der Waals surface area (Å²) in [5.41, 5.74) is 4.20. The minimum atomic E-state index is -0.520. The van der Waals surface area contributed by atoms with Crippen LogP contribution in [-0.4, -0.2) is 37.6 Å². The van der Waals surface area contributed by atoms with Crippen molar-refractivity contribution in [1.29, 1.82) is 0 Å². The van der Waals surface area contributed by atoms with Crippen LogP contribution in [0.15, 0.2) is 91.4 Å². The number of nitrogens with one attached hydrogen (secondary N) is 1. The van der Waals surface area contributed by atoms with Crippen molar-refractivity contribution in [3.8, 4) is 5.69 Å². The summed E-state index contributed by atoms with van der Waals surface area (Å²) in [7, 11) is 0. The average molecular weight is 521 g/mol. The van der Waals surface area contributed by atoms with E-state index in [1.54, 1.807) is 34.0 Å². The van der Waals surface area contributed by atoms with Gasteiger partial charge in [-0.1, -0.05) is 36.8 Å². The molecule has 0 bridgehead atoms. The second-order valence-electron chi connectivity index (χ2n) is 9.70. The highest BCUT2D eigenvalue weighted by Gasteiger charge is 2.48. The summed E-state index contributed by atoms with van der Waals surface area (Å²) in [6.45, 7) is 3.82. The summed E-state index contributed by atoms with van der Waals surface area (Å²) in [6, 6.07) is 20.4. The zero-order valence-corrected chi connectivity index (χ0v) is 21.3. The Morgan fingerprint density at radius 3 is 2.44 bits per heavy atom. The Bertz CT molecular complexity index is 1690. The number of rotatable bonds is 5. The van der Waals surface area contributed by atoms with Crippen molar-refractivity contribution in [3.05, 3.63) is 114 Å². The van der Waals surface area contributed by atoms with Gasteiger partial charge in [0.15, 0.2) is 0 Å². The Morgan fingerprint density at radius 1 is 0.949 bits per heavy atom. The third-order valence-corrected chi connectivity index (χ3v) is 7.14. The fraction of sp³-hybridized carbons (Fsp3) is 0.167. The van der Waals surface area contributed by atoms with E-state index in [1.807, 2.05) is 56.3 Å². The highest BCUT2D eigenvalue weighted by molar-refractivity contribution is 6.02. The van der Waals surface area contributed by atoms with E-state index in [2.05, 4.69) is 20.4 Å². The molecule has 1 fully saturated rings. The number of halogens is 1. The Morgan fingerprint density at radius 2 is 1.69 bits per heavy atom. The van der Waals surface area contributed by atoms with Gasteiger partial charge in [0.1, 0.15) is 5.82 Å². The molecule has 0 aliphatic carbocycles. The van der Waals surface area contributed by atoms with Gasteiger partial charge in [0.2, 0.25) is 11.7 Å². The van der Waals surface area contributed by atoms with Gasteiger partial charge < -0.3 is 10.2 Å². The Labute approximate surface area is 224 Å². The van der Waals surface area contributed by atoms with Crippen LogP contribution in [0.2, 0.25) is 0 Å². The van der Waals surface area contributed by atoms with Gasteiger partial charge in [-0.05, 0) is 61.0 Å². The van der Waals surface area contributed by atoms with Gasteiger partial charge >= 0.3 is 0 Å². The first-order valence-corrected chi connectivity index (χ1v) is 12.6. The maximum Gasteiger partial charge on any atom is 0.289 e. The number of benzene rings is 3. The number of carbonyl (C=O) groups excluding carboxylic acids is 2. The molecule has 6 rings (SSSR count). The Hall–Kier alpha value is -4.92. The summed E-state index contributed by atoms with van der Waals surface area (Å²) < 4.78 is 15.2. The number of fused-ring (bicyclic) bond motifs is 1. The van der Waals surface area contributed by atoms with E-state index in [0.29, 0.717) is 5.69 Å². The molecule has 3 heterocycles. The summed E-state index contributed by atoms with van der Waals surface area (Å²) in [6.07, 6.45) is 4.74. The molecule has 0 saturated carbocycles. The van der Waals surface area contributed by atoms with Crippen LogP contribution >= 0.6 is 0 Å². The highest BCUT2D eigenvalue weighted by atomic mass is 19.1. The molecule has 1 saturated heterocycles. The van der Waals surface area contributed by atoms with Gasteiger partial charge in [-0.25, -0.2) is 19.0 Å². The molecular weight excluding hydrogens is 495 g/mol. The maximum absolute atomic E-state index is 13.8. The molecule has 2 aromatic heterocycles. The molecule has 3 aromatic carbocycles. The van der Waals surface area contributed by atoms with Crippen molar-refractivity contribution >= 4 is 28.4 Å². The SMILES string of the molecule is Cc1cccc(C2[C@@H](NC(=O)c3ncccn3)[C@H](C)C(=O)N2c2ccc3c(cnn3-c3ccc(F)cc3)c2)c1. The Kier molecular flexibility index (Phi) is 6.11. The van der Waals surface area contributed by atoms with E-state index in [1.165, 1.54) is 24.5 Å². The van der Waals surface area contributed by atoms with E-state index in [4.69, 9.17) is 0 Å². The predicted octanol–water partition coefficient (Wildman–Crippen LogP) is 4.79. The average Bonchev–Trinajstić information content (AvgIpc) is 3.48. The van der Waals surface area contributed by atoms with Gasteiger partial charge in [-0.3, -0.25) is 9.59 Å². The summed E-state index contributed by atoms with van der Waals surface area (Å²) in [5, 5.41) is 8.35. The fourth-order valence-corrected chi connectivity index (χ4v) is 5.24. The molecule has 1 aliphatic rings.